The maximum atomic E-state index is 12.9. The summed E-state index contributed by atoms with van der Waals surface area (Å²) in [6.07, 6.45) is -1.56. The molecule has 0 aliphatic carbocycles. The van der Waals surface area contributed by atoms with Crippen molar-refractivity contribution < 1.29 is 22.0 Å². The number of benzene rings is 1. The summed E-state index contributed by atoms with van der Waals surface area (Å²) in [6, 6.07) is 4.91. The molecule has 1 atom stereocenters. The van der Waals surface area contributed by atoms with Gasteiger partial charge >= 0.3 is 12.3 Å². The molecule has 1 aromatic carbocycles. The van der Waals surface area contributed by atoms with Gasteiger partial charge in [-0.1, -0.05) is 31.9 Å². The van der Waals surface area contributed by atoms with Crippen LogP contribution in [0.2, 0.25) is 0 Å². The van der Waals surface area contributed by atoms with Crippen LogP contribution in [0.15, 0.2) is 24.3 Å². The summed E-state index contributed by atoms with van der Waals surface area (Å²) in [5.74, 6) is -4.49. The van der Waals surface area contributed by atoms with E-state index in [-0.39, 0.29) is 0 Å². The molecule has 0 amide bonds. The quantitative estimate of drug-likeness (QED) is 0.694. The number of halogens is 5. The minimum Gasteiger partial charge on any atom is -0.304 e. The lowest BCUT2D eigenvalue weighted by molar-refractivity contribution is -0.126. The molecular weight excluding hydrogens is 277 g/mol. The molecule has 0 heterocycles. The van der Waals surface area contributed by atoms with E-state index in [4.69, 9.17) is 0 Å². The second-order valence-corrected chi connectivity index (χ2v) is 4.69. The van der Waals surface area contributed by atoms with E-state index in [1.54, 1.807) is 0 Å². The van der Waals surface area contributed by atoms with Gasteiger partial charge in [0.2, 0.25) is 0 Å². The van der Waals surface area contributed by atoms with Crippen LogP contribution in [0.4, 0.5) is 22.0 Å². The fourth-order valence-corrected chi connectivity index (χ4v) is 1.83. The van der Waals surface area contributed by atoms with E-state index < -0.39 is 30.8 Å². The van der Waals surface area contributed by atoms with Gasteiger partial charge in [0.15, 0.2) is 0 Å². The molecule has 6 heteroatoms. The topological polar surface area (TPSA) is 12.0 Å². The molecule has 0 fully saturated rings. The Bertz CT molecular complexity index is 391. The summed E-state index contributed by atoms with van der Waals surface area (Å²) in [5, 5.41) is 2.46. The highest BCUT2D eigenvalue weighted by atomic mass is 19.3. The third-order valence-corrected chi connectivity index (χ3v) is 3.02. The van der Waals surface area contributed by atoms with Gasteiger partial charge in [0.1, 0.15) is 5.82 Å². The monoisotopic (exact) mass is 295 g/mol. The largest absolute Gasteiger partial charge is 0.319 e. The van der Waals surface area contributed by atoms with Crippen molar-refractivity contribution >= 4 is 0 Å². The summed E-state index contributed by atoms with van der Waals surface area (Å²) in [7, 11) is 0. The molecule has 1 N–H and O–H groups in total. The number of hydrogen-bond acceptors (Lipinski definition) is 1. The molecule has 0 aliphatic rings. The van der Waals surface area contributed by atoms with Crippen molar-refractivity contribution in [1.82, 2.24) is 5.32 Å². The first-order valence-corrected chi connectivity index (χ1v) is 6.51. The van der Waals surface area contributed by atoms with Gasteiger partial charge in [-0.3, -0.25) is 0 Å². The fraction of sp³-hybridized carbons (Fsp3) is 0.571. The number of hydrogen-bond donors (Lipinski definition) is 1. The highest BCUT2D eigenvalue weighted by molar-refractivity contribution is 5.20. The second kappa shape index (κ2) is 7.57. The molecular formula is C14H18F5N. The van der Waals surface area contributed by atoms with Crippen molar-refractivity contribution in [2.24, 2.45) is 0 Å². The zero-order valence-corrected chi connectivity index (χ0v) is 11.2. The van der Waals surface area contributed by atoms with Gasteiger partial charge in [0.25, 0.3) is 0 Å². The van der Waals surface area contributed by atoms with Crippen molar-refractivity contribution in [2.45, 2.75) is 44.6 Å². The van der Waals surface area contributed by atoms with Crippen LogP contribution >= 0.6 is 0 Å². The Morgan fingerprint density at radius 3 is 2.25 bits per heavy atom. The van der Waals surface area contributed by atoms with Gasteiger partial charge < -0.3 is 5.32 Å². The lowest BCUT2D eigenvalue weighted by Crippen LogP contribution is -2.40. The molecule has 0 aromatic heterocycles. The van der Waals surface area contributed by atoms with E-state index >= 15 is 0 Å². The van der Waals surface area contributed by atoms with Crippen LogP contribution < -0.4 is 5.32 Å². The molecule has 0 spiro atoms. The van der Waals surface area contributed by atoms with Crippen molar-refractivity contribution in [3.05, 3.63) is 35.6 Å². The van der Waals surface area contributed by atoms with Gasteiger partial charge in [-0.05, 0) is 24.1 Å². The van der Waals surface area contributed by atoms with E-state index in [1.165, 1.54) is 24.3 Å². The number of unbranched alkanes of at least 4 members (excludes halogenated alkanes) is 1. The molecule has 0 saturated heterocycles. The van der Waals surface area contributed by atoms with Crippen LogP contribution in [0.3, 0.4) is 0 Å². The van der Waals surface area contributed by atoms with Gasteiger partial charge in [0.05, 0.1) is 6.54 Å². The average molecular weight is 295 g/mol. The van der Waals surface area contributed by atoms with E-state index in [1.807, 2.05) is 6.92 Å². The fourth-order valence-electron chi connectivity index (χ4n) is 1.83. The molecule has 1 nitrogen and oxygen atoms in total. The Kier molecular flexibility index (Phi) is 6.39. The van der Waals surface area contributed by atoms with Crippen LogP contribution in [-0.2, 0) is 0 Å². The summed E-state index contributed by atoms with van der Waals surface area (Å²) < 4.78 is 63.0. The standard InChI is InChI=1S/C14H18F5N/c1-2-3-4-12(10-5-7-11(15)8-6-10)20-9-14(18,19)13(16)17/h5-8,12-13,20H,2-4,9H2,1H3. The molecule has 0 bridgehead atoms. The SMILES string of the molecule is CCCCC(NCC(F)(F)C(F)F)c1ccc(F)cc1. The third kappa shape index (κ3) is 5.07. The van der Waals surface area contributed by atoms with Gasteiger partial charge in [0, 0.05) is 6.04 Å². The van der Waals surface area contributed by atoms with Crippen molar-refractivity contribution in [1.29, 1.82) is 0 Å². The van der Waals surface area contributed by atoms with Crippen molar-refractivity contribution in [2.75, 3.05) is 6.54 Å². The van der Waals surface area contributed by atoms with Crippen LogP contribution in [-0.4, -0.2) is 18.9 Å². The first-order chi connectivity index (χ1) is 9.36. The lowest BCUT2D eigenvalue weighted by atomic mass is 10.0. The molecule has 20 heavy (non-hydrogen) atoms. The minimum atomic E-state index is -4.06. The van der Waals surface area contributed by atoms with Gasteiger partial charge in [-0.2, -0.15) is 8.78 Å². The first kappa shape index (κ1) is 16.9. The Morgan fingerprint density at radius 2 is 1.75 bits per heavy atom. The van der Waals surface area contributed by atoms with Crippen molar-refractivity contribution in [3.8, 4) is 0 Å². The molecule has 1 rings (SSSR count). The van der Waals surface area contributed by atoms with Crippen molar-refractivity contribution in [3.63, 3.8) is 0 Å². The Hall–Kier alpha value is -1.17. The number of rotatable bonds is 8. The molecule has 0 aliphatic heterocycles. The van der Waals surface area contributed by atoms with E-state index in [9.17, 15) is 22.0 Å². The molecule has 1 aromatic rings. The Labute approximate surface area is 115 Å². The Morgan fingerprint density at radius 1 is 1.15 bits per heavy atom. The van der Waals surface area contributed by atoms with E-state index in [2.05, 4.69) is 5.32 Å². The summed E-state index contributed by atoms with van der Waals surface area (Å²) in [5.41, 5.74) is 0.616. The van der Waals surface area contributed by atoms with Crippen LogP contribution in [0, 0.1) is 5.82 Å². The van der Waals surface area contributed by atoms with E-state index in [0.717, 1.165) is 12.8 Å². The van der Waals surface area contributed by atoms with Gasteiger partial charge in [-0.25, -0.2) is 13.2 Å². The molecule has 0 saturated carbocycles. The lowest BCUT2D eigenvalue weighted by Gasteiger charge is -2.23. The third-order valence-electron chi connectivity index (χ3n) is 3.02. The Balaban J connectivity index is 2.72. The second-order valence-electron chi connectivity index (χ2n) is 4.69. The predicted octanol–water partition coefficient (Wildman–Crippen LogP) is 4.55. The molecule has 1 unspecified atom stereocenters. The first-order valence-electron chi connectivity index (χ1n) is 6.51. The number of alkyl halides is 4. The van der Waals surface area contributed by atoms with Crippen LogP contribution in [0.5, 0.6) is 0 Å². The summed E-state index contributed by atoms with van der Waals surface area (Å²) in [6.45, 7) is 0.839. The highest BCUT2D eigenvalue weighted by Crippen LogP contribution is 2.25. The molecule has 0 radical (unpaired) electrons. The molecule has 114 valence electrons. The summed E-state index contributed by atoms with van der Waals surface area (Å²) >= 11 is 0. The minimum absolute atomic E-state index is 0.430. The highest BCUT2D eigenvalue weighted by Gasteiger charge is 2.40. The smallest absolute Gasteiger partial charge is 0.304 e. The predicted molar refractivity (Wildman–Crippen MR) is 67.6 cm³/mol. The average Bonchev–Trinajstić information content (AvgIpc) is 2.40. The van der Waals surface area contributed by atoms with Gasteiger partial charge in [-0.15, -0.1) is 0 Å². The van der Waals surface area contributed by atoms with Crippen LogP contribution in [0.25, 0.3) is 0 Å². The maximum absolute atomic E-state index is 12.9. The summed E-state index contributed by atoms with van der Waals surface area (Å²) in [4.78, 5) is 0. The van der Waals surface area contributed by atoms with E-state index in [0.29, 0.717) is 12.0 Å². The zero-order chi connectivity index (χ0) is 15.2. The van der Waals surface area contributed by atoms with Crippen LogP contribution in [0.1, 0.15) is 37.8 Å². The number of nitrogens with one attached hydrogen (secondary N) is 1. The zero-order valence-electron chi connectivity index (χ0n) is 11.2. The maximum Gasteiger partial charge on any atom is 0.319 e. The normalized spacial score (nSPS) is 13.8.